The molecular formula is C11H11F3O. The lowest BCUT2D eigenvalue weighted by molar-refractivity contribution is -0.137. The molecule has 0 amide bonds. The van der Waals surface area contributed by atoms with Crippen LogP contribution in [0.15, 0.2) is 29.8 Å². The van der Waals surface area contributed by atoms with Crippen LogP contribution in [0.3, 0.4) is 0 Å². The largest absolute Gasteiger partial charge is 0.416 e. The first kappa shape index (κ1) is 8.97. The van der Waals surface area contributed by atoms with E-state index in [1.54, 1.807) is 0 Å². The van der Waals surface area contributed by atoms with E-state index >= 15 is 0 Å². The van der Waals surface area contributed by atoms with E-state index in [0.29, 0.717) is 0 Å². The molecule has 1 rings (SSSR count). The first-order chi connectivity index (χ1) is 7.62. The number of rotatable bonds is 2. The van der Waals surface area contributed by atoms with Crippen molar-refractivity contribution in [2.45, 2.75) is 13.1 Å². The van der Waals surface area contributed by atoms with Crippen LogP contribution >= 0.6 is 0 Å². The Kier molecular flexibility index (Phi) is 2.68. The van der Waals surface area contributed by atoms with Gasteiger partial charge in [0.05, 0.1) is 14.9 Å². The summed E-state index contributed by atoms with van der Waals surface area (Å²) in [5.41, 5.74) is -1.21. The molecule has 0 aliphatic carbocycles. The Bertz CT molecular complexity index is 433. The number of aliphatic hydroxyl groups is 1. The van der Waals surface area contributed by atoms with Crippen LogP contribution in [0.5, 0.6) is 0 Å². The van der Waals surface area contributed by atoms with E-state index < -0.39 is 18.3 Å². The molecule has 0 saturated heterocycles. The molecule has 1 aromatic carbocycles. The molecule has 0 atom stereocenters. The van der Waals surface area contributed by atoms with Gasteiger partial charge >= 0.3 is 6.18 Å². The Hall–Kier alpha value is -1.29. The standard InChI is InChI=1S/C11H11F3O/c1-8(7-15)6-9-4-2-3-5-10(9)11(12,13)14/h2-6,15H,7H2,1H3/b8-6+/i7D2. The minimum Gasteiger partial charge on any atom is -0.392 e. The Morgan fingerprint density at radius 2 is 2.07 bits per heavy atom. The number of benzene rings is 1. The van der Waals surface area contributed by atoms with Crippen LogP contribution in [-0.4, -0.2) is 11.7 Å². The van der Waals surface area contributed by atoms with Crippen molar-refractivity contribution in [3.05, 3.63) is 41.0 Å². The van der Waals surface area contributed by atoms with Crippen LogP contribution in [0, 0.1) is 0 Å². The molecule has 1 nitrogen and oxygen atoms in total. The van der Waals surface area contributed by atoms with Crippen molar-refractivity contribution < 1.29 is 21.0 Å². The van der Waals surface area contributed by atoms with Gasteiger partial charge in [-0.1, -0.05) is 24.3 Å². The Morgan fingerprint density at radius 1 is 1.47 bits per heavy atom. The van der Waals surface area contributed by atoms with Gasteiger partial charge in [-0.25, -0.2) is 0 Å². The molecular weight excluding hydrogens is 205 g/mol. The first-order valence-electron chi connectivity index (χ1n) is 5.20. The van der Waals surface area contributed by atoms with E-state index in [9.17, 15) is 13.2 Å². The molecule has 0 saturated carbocycles. The van der Waals surface area contributed by atoms with Crippen molar-refractivity contribution in [2.75, 3.05) is 6.56 Å². The van der Waals surface area contributed by atoms with Crippen LogP contribution < -0.4 is 0 Å². The maximum Gasteiger partial charge on any atom is 0.416 e. The van der Waals surface area contributed by atoms with Crippen LogP contribution in [0.4, 0.5) is 13.2 Å². The quantitative estimate of drug-likeness (QED) is 0.808. The van der Waals surface area contributed by atoms with Crippen LogP contribution in [0.2, 0.25) is 0 Å². The van der Waals surface area contributed by atoms with Crippen molar-refractivity contribution >= 4 is 6.08 Å². The Balaban J connectivity index is 3.25. The maximum atomic E-state index is 12.6. The molecule has 4 heteroatoms. The van der Waals surface area contributed by atoms with E-state index in [4.69, 9.17) is 7.85 Å². The van der Waals surface area contributed by atoms with Gasteiger partial charge < -0.3 is 5.11 Å². The van der Waals surface area contributed by atoms with Crippen molar-refractivity contribution in [2.24, 2.45) is 0 Å². The zero-order valence-corrected chi connectivity index (χ0v) is 7.97. The number of hydrogen-bond donors (Lipinski definition) is 1. The molecule has 0 aromatic heterocycles. The van der Waals surface area contributed by atoms with Crippen molar-refractivity contribution in [3.8, 4) is 0 Å². The molecule has 1 aromatic rings. The van der Waals surface area contributed by atoms with Gasteiger partial charge in [0.1, 0.15) is 0 Å². The predicted molar refractivity (Wildman–Crippen MR) is 52.2 cm³/mol. The predicted octanol–water partition coefficient (Wildman–Crippen LogP) is 3.10. The summed E-state index contributed by atoms with van der Waals surface area (Å²) >= 11 is 0. The van der Waals surface area contributed by atoms with E-state index in [1.807, 2.05) is 0 Å². The van der Waals surface area contributed by atoms with Crippen molar-refractivity contribution in [1.82, 2.24) is 0 Å². The van der Waals surface area contributed by atoms with Crippen LogP contribution in [-0.2, 0) is 6.18 Å². The molecule has 0 bridgehead atoms. The lowest BCUT2D eigenvalue weighted by Gasteiger charge is -2.10. The van der Waals surface area contributed by atoms with Gasteiger partial charge in [0.2, 0.25) is 0 Å². The summed E-state index contributed by atoms with van der Waals surface area (Å²) in [6, 6.07) is 4.80. The lowest BCUT2D eigenvalue weighted by Crippen LogP contribution is -2.07. The molecule has 0 aliphatic heterocycles. The highest BCUT2D eigenvalue weighted by atomic mass is 19.4. The average Bonchev–Trinajstić information content (AvgIpc) is 2.15. The normalized spacial score (nSPS) is 15.9. The molecule has 0 fully saturated rings. The first-order valence-corrected chi connectivity index (χ1v) is 4.20. The molecule has 0 unspecified atom stereocenters. The molecule has 0 spiro atoms. The number of hydrogen-bond acceptors (Lipinski definition) is 1. The summed E-state index contributed by atoms with van der Waals surface area (Å²) < 4.78 is 51.8. The summed E-state index contributed by atoms with van der Waals surface area (Å²) in [6.45, 7) is -1.40. The van der Waals surface area contributed by atoms with Gasteiger partial charge in [-0.3, -0.25) is 0 Å². The highest BCUT2D eigenvalue weighted by Crippen LogP contribution is 2.32. The summed E-state index contributed by atoms with van der Waals surface area (Å²) in [5, 5.41) is 9.02. The number of alkyl halides is 3. The summed E-state index contributed by atoms with van der Waals surface area (Å²) in [7, 11) is 0. The zero-order chi connectivity index (χ0) is 13.3. The minimum absolute atomic E-state index is 0.171. The molecule has 15 heavy (non-hydrogen) atoms. The maximum absolute atomic E-state index is 12.6. The highest BCUT2D eigenvalue weighted by molar-refractivity contribution is 5.57. The molecule has 82 valence electrons. The highest BCUT2D eigenvalue weighted by Gasteiger charge is 2.32. The van der Waals surface area contributed by atoms with Crippen LogP contribution in [0.25, 0.3) is 6.08 Å². The second-order valence-corrected chi connectivity index (χ2v) is 3.02. The fourth-order valence-corrected chi connectivity index (χ4v) is 1.15. The Labute approximate surface area is 88.7 Å². The summed E-state index contributed by atoms with van der Waals surface area (Å²) in [6.07, 6.45) is -3.52. The van der Waals surface area contributed by atoms with E-state index in [1.165, 1.54) is 25.1 Å². The third-order valence-corrected chi connectivity index (χ3v) is 1.81. The topological polar surface area (TPSA) is 20.2 Å². The van der Waals surface area contributed by atoms with Gasteiger partial charge in [-0.05, 0) is 24.1 Å². The fourth-order valence-electron chi connectivity index (χ4n) is 1.15. The zero-order valence-electron chi connectivity index (χ0n) is 9.97. The third-order valence-electron chi connectivity index (χ3n) is 1.81. The molecule has 0 heterocycles. The minimum atomic E-state index is -4.50. The van der Waals surface area contributed by atoms with Gasteiger partial charge in [0.25, 0.3) is 0 Å². The van der Waals surface area contributed by atoms with Gasteiger partial charge in [-0.2, -0.15) is 13.2 Å². The van der Waals surface area contributed by atoms with E-state index in [0.717, 1.165) is 12.1 Å². The lowest BCUT2D eigenvalue weighted by atomic mass is 10.0. The molecule has 0 aliphatic rings. The second kappa shape index (κ2) is 4.49. The Morgan fingerprint density at radius 3 is 2.60 bits per heavy atom. The van der Waals surface area contributed by atoms with Gasteiger partial charge in [-0.15, -0.1) is 0 Å². The monoisotopic (exact) mass is 218 g/mol. The molecule has 1 N–H and O–H groups in total. The van der Waals surface area contributed by atoms with Gasteiger partial charge in [0.15, 0.2) is 0 Å². The van der Waals surface area contributed by atoms with Crippen LogP contribution in [0.1, 0.15) is 20.8 Å². The smallest absolute Gasteiger partial charge is 0.392 e. The summed E-state index contributed by atoms with van der Waals surface area (Å²) in [4.78, 5) is 0. The van der Waals surface area contributed by atoms with Gasteiger partial charge in [0, 0.05) is 0 Å². The fraction of sp³-hybridized carbons (Fsp3) is 0.273. The average molecular weight is 218 g/mol. The second-order valence-electron chi connectivity index (χ2n) is 3.02. The van der Waals surface area contributed by atoms with Crippen molar-refractivity contribution in [1.29, 1.82) is 0 Å². The van der Waals surface area contributed by atoms with Crippen molar-refractivity contribution in [3.63, 3.8) is 0 Å². The van der Waals surface area contributed by atoms with E-state index in [-0.39, 0.29) is 11.1 Å². The number of halogens is 3. The summed E-state index contributed by atoms with van der Waals surface area (Å²) in [5.74, 6) is 0. The third kappa shape index (κ3) is 3.09. The molecule has 0 radical (unpaired) electrons. The SMILES string of the molecule is [2H]C([2H])(O)/C(C)=C/c1ccccc1C(F)(F)F. The van der Waals surface area contributed by atoms with E-state index in [2.05, 4.69) is 0 Å².